The number of nitrogens with zero attached hydrogens (tertiary/aromatic N) is 6. The van der Waals surface area contributed by atoms with E-state index in [4.69, 9.17) is 15.0 Å². The summed E-state index contributed by atoms with van der Waals surface area (Å²) in [7, 11) is 2.00. The highest BCUT2D eigenvalue weighted by molar-refractivity contribution is 6.19. The number of nitrogens with one attached hydrogen (secondary N) is 1. The molecule has 0 radical (unpaired) electrons. The Labute approximate surface area is 222 Å². The third-order valence-electron chi connectivity index (χ3n) is 7.83. The molecule has 7 aromatic rings. The van der Waals surface area contributed by atoms with Crippen molar-refractivity contribution in [1.82, 2.24) is 33.6 Å². The molecule has 0 aliphatic rings. The highest BCUT2D eigenvalue weighted by atomic mass is 15.2. The minimum Gasteiger partial charge on any atom is -0.313 e. The van der Waals surface area contributed by atoms with E-state index in [9.17, 15) is 0 Å². The number of unbranched alkanes of at least 4 members (excludes halogenated alkanes) is 1. The van der Waals surface area contributed by atoms with E-state index < -0.39 is 0 Å². The van der Waals surface area contributed by atoms with Gasteiger partial charge in [-0.05, 0) is 57.5 Å². The van der Waals surface area contributed by atoms with Gasteiger partial charge in [-0.1, -0.05) is 50.5 Å². The molecular weight excluding hydrogens is 470 g/mol. The molecule has 5 aromatic heterocycles. The van der Waals surface area contributed by atoms with Crippen LogP contribution in [0.5, 0.6) is 0 Å². The van der Waals surface area contributed by atoms with Gasteiger partial charge in [-0.15, -0.1) is 0 Å². The first-order valence-corrected chi connectivity index (χ1v) is 13.5. The summed E-state index contributed by atoms with van der Waals surface area (Å²) in [6, 6.07) is 9.00. The van der Waals surface area contributed by atoms with E-state index >= 15 is 0 Å². The number of benzene rings is 2. The molecule has 194 valence electrons. The zero-order valence-electron chi connectivity index (χ0n) is 23.3. The van der Waals surface area contributed by atoms with Gasteiger partial charge in [0.05, 0.1) is 17.4 Å². The average Bonchev–Trinajstić information content (AvgIpc) is 3.66. The fourth-order valence-electron chi connectivity index (χ4n) is 5.66. The molecule has 1 atom stereocenters. The van der Waals surface area contributed by atoms with Gasteiger partial charge in [-0.25, -0.2) is 15.0 Å². The predicted molar refractivity (Wildman–Crippen MR) is 157 cm³/mol. The summed E-state index contributed by atoms with van der Waals surface area (Å²) >= 11 is 0. The van der Waals surface area contributed by atoms with Crippen molar-refractivity contribution in [2.75, 3.05) is 7.05 Å². The predicted octanol–water partition coefficient (Wildman–Crippen LogP) is 7.08. The smallest absolute Gasteiger partial charge is 0.165 e. The van der Waals surface area contributed by atoms with Crippen LogP contribution in [0.15, 0.2) is 49.2 Å². The van der Waals surface area contributed by atoms with Crippen LogP contribution < -0.4 is 5.32 Å². The Balaban J connectivity index is 0.000000620. The van der Waals surface area contributed by atoms with Crippen LogP contribution in [0.4, 0.5) is 0 Å². The van der Waals surface area contributed by atoms with E-state index in [0.29, 0.717) is 0 Å². The number of hydrogen-bond donors (Lipinski definition) is 1. The van der Waals surface area contributed by atoms with E-state index in [-0.39, 0.29) is 6.04 Å². The molecule has 0 amide bonds. The second-order valence-corrected chi connectivity index (χ2v) is 10.4. The maximum absolute atomic E-state index is 4.98. The van der Waals surface area contributed by atoms with Crippen molar-refractivity contribution < 1.29 is 0 Å². The molecule has 1 unspecified atom stereocenters. The number of aromatic nitrogens is 6. The molecule has 5 heterocycles. The molecule has 2 aromatic carbocycles. The largest absolute Gasteiger partial charge is 0.313 e. The summed E-state index contributed by atoms with van der Waals surface area (Å²) in [5, 5.41) is 5.72. The third-order valence-corrected chi connectivity index (χ3v) is 7.83. The van der Waals surface area contributed by atoms with Crippen molar-refractivity contribution in [2.24, 2.45) is 0 Å². The molecule has 7 heteroatoms. The Hall–Kier alpha value is -3.97. The van der Waals surface area contributed by atoms with Crippen LogP contribution >= 0.6 is 0 Å². The Bertz CT molecular complexity index is 1930. The van der Waals surface area contributed by atoms with Gasteiger partial charge in [0, 0.05) is 29.2 Å². The van der Waals surface area contributed by atoms with Crippen LogP contribution in [0.3, 0.4) is 0 Å². The fraction of sp³-hybridized carbons (Fsp3) is 0.323. The molecular formula is C31H35N7. The first kappa shape index (κ1) is 24.4. The second kappa shape index (κ2) is 9.10. The second-order valence-electron chi connectivity index (χ2n) is 10.4. The van der Waals surface area contributed by atoms with Crippen LogP contribution in [-0.2, 0) is 0 Å². The standard InChI is InChI=1S/C27H25N7.C4H10/c1-14-6-7-19(15(2)10-14)33-13-31-23-21-16(3)11-18(17(4)28-5)22-24(21)34-20(12-30-27(34)25(23)33)32-9-8-29-26(22)32;1-3-4-2/h6-13,17,28H,1-5H3;3-4H2,1-2H3. The topological polar surface area (TPSA) is 64.5 Å². The number of imidazole rings is 3. The van der Waals surface area contributed by atoms with Crippen LogP contribution in [0, 0.1) is 20.8 Å². The van der Waals surface area contributed by atoms with E-state index in [2.05, 4.69) is 84.5 Å². The van der Waals surface area contributed by atoms with Crippen molar-refractivity contribution in [3.63, 3.8) is 0 Å². The van der Waals surface area contributed by atoms with Gasteiger partial charge < -0.3 is 5.32 Å². The van der Waals surface area contributed by atoms with Crippen molar-refractivity contribution in [2.45, 2.75) is 60.4 Å². The summed E-state index contributed by atoms with van der Waals surface area (Å²) in [4.78, 5) is 14.7. The van der Waals surface area contributed by atoms with Gasteiger partial charge >= 0.3 is 0 Å². The van der Waals surface area contributed by atoms with Crippen LogP contribution in [0.25, 0.3) is 50.0 Å². The van der Waals surface area contributed by atoms with Crippen molar-refractivity contribution >= 4 is 44.3 Å². The normalized spacial score (nSPS) is 12.8. The Morgan fingerprint density at radius 3 is 2.39 bits per heavy atom. The first-order valence-electron chi connectivity index (χ1n) is 13.5. The van der Waals surface area contributed by atoms with Crippen LogP contribution in [0.2, 0.25) is 0 Å². The zero-order valence-corrected chi connectivity index (χ0v) is 23.3. The number of fused-ring (bicyclic) bond motifs is 6. The zero-order chi connectivity index (χ0) is 26.7. The van der Waals surface area contributed by atoms with E-state index in [1.54, 1.807) is 0 Å². The molecule has 0 saturated carbocycles. The molecule has 0 aliphatic heterocycles. The third kappa shape index (κ3) is 3.34. The maximum Gasteiger partial charge on any atom is 0.165 e. The number of aryl methyl sites for hydroxylation is 3. The lowest BCUT2D eigenvalue weighted by Gasteiger charge is -2.20. The number of hydrogen-bond acceptors (Lipinski definition) is 4. The van der Waals surface area contributed by atoms with Gasteiger partial charge in [0.15, 0.2) is 5.65 Å². The average molecular weight is 506 g/mol. The lowest BCUT2D eigenvalue weighted by molar-refractivity contribution is 0.657. The van der Waals surface area contributed by atoms with E-state index in [1.165, 1.54) is 35.1 Å². The van der Waals surface area contributed by atoms with Crippen LogP contribution in [-0.4, -0.2) is 35.4 Å². The molecule has 0 saturated heterocycles. The first-order chi connectivity index (χ1) is 18.4. The molecule has 7 rings (SSSR count). The molecule has 38 heavy (non-hydrogen) atoms. The minimum absolute atomic E-state index is 0.173. The molecule has 0 bridgehead atoms. The summed E-state index contributed by atoms with van der Waals surface area (Å²) < 4.78 is 6.63. The SMILES string of the molecule is CCCC.CNC(C)c1cc(C)c2c3ncn(-c4ccc(C)cc4C)c3c3ncc4n5ccnc5c1c2n34. The van der Waals surface area contributed by atoms with Crippen molar-refractivity contribution in [3.8, 4) is 5.69 Å². The monoisotopic (exact) mass is 505 g/mol. The molecule has 7 nitrogen and oxygen atoms in total. The van der Waals surface area contributed by atoms with Gasteiger partial charge in [-0.2, -0.15) is 0 Å². The Morgan fingerprint density at radius 2 is 1.68 bits per heavy atom. The molecule has 0 fully saturated rings. The van der Waals surface area contributed by atoms with Crippen LogP contribution in [0.1, 0.15) is 61.9 Å². The Kier molecular flexibility index (Phi) is 5.83. The van der Waals surface area contributed by atoms with Gasteiger partial charge in [0.1, 0.15) is 28.7 Å². The highest BCUT2D eigenvalue weighted by Gasteiger charge is 2.26. The summed E-state index contributed by atoms with van der Waals surface area (Å²) in [5.74, 6) is 0. The fourth-order valence-corrected chi connectivity index (χ4v) is 5.66. The van der Waals surface area contributed by atoms with Crippen molar-refractivity contribution in [3.05, 3.63) is 71.4 Å². The van der Waals surface area contributed by atoms with E-state index in [0.717, 1.165) is 50.0 Å². The summed E-state index contributed by atoms with van der Waals surface area (Å²) in [6.45, 7) is 13.0. The lowest BCUT2D eigenvalue weighted by atomic mass is 9.95. The molecule has 1 N–H and O–H groups in total. The summed E-state index contributed by atoms with van der Waals surface area (Å²) in [5.41, 5.74) is 12.0. The minimum atomic E-state index is 0.173. The number of pyridine rings is 1. The molecule has 0 spiro atoms. The maximum atomic E-state index is 4.98. The highest BCUT2D eigenvalue weighted by Crippen LogP contribution is 2.40. The van der Waals surface area contributed by atoms with E-state index in [1.807, 2.05) is 32.0 Å². The lowest BCUT2D eigenvalue weighted by Crippen LogP contribution is -2.14. The quantitative estimate of drug-likeness (QED) is 0.278. The van der Waals surface area contributed by atoms with Gasteiger partial charge in [0.25, 0.3) is 0 Å². The van der Waals surface area contributed by atoms with Gasteiger partial charge in [-0.3, -0.25) is 13.4 Å². The number of rotatable bonds is 4. The summed E-state index contributed by atoms with van der Waals surface area (Å²) in [6.07, 6.45) is 10.4. The van der Waals surface area contributed by atoms with Crippen molar-refractivity contribution in [1.29, 1.82) is 0 Å². The Morgan fingerprint density at radius 1 is 0.895 bits per heavy atom. The van der Waals surface area contributed by atoms with Gasteiger partial charge in [0.2, 0.25) is 0 Å². The molecule has 0 aliphatic carbocycles.